The molecule has 3 amide bonds. The van der Waals surface area contributed by atoms with Crippen molar-refractivity contribution in [1.82, 2.24) is 19.6 Å². The third-order valence-corrected chi connectivity index (χ3v) is 6.25. The number of rotatable bonds is 8. The number of carbonyl (C=O) groups excluding carboxylic acids is 2. The number of benzene rings is 2. The summed E-state index contributed by atoms with van der Waals surface area (Å²) in [7, 11) is 1.86. The Bertz CT molecular complexity index is 1210. The van der Waals surface area contributed by atoms with Crippen LogP contribution in [0.25, 0.3) is 11.3 Å². The van der Waals surface area contributed by atoms with Gasteiger partial charge in [0.15, 0.2) is 0 Å². The molecular weight excluding hydrogens is 496 g/mol. The van der Waals surface area contributed by atoms with Crippen molar-refractivity contribution < 1.29 is 19.1 Å². The molecule has 0 saturated carbocycles. The molecule has 2 aromatic carbocycles. The molecule has 11 heteroatoms. The maximum Gasteiger partial charge on any atom is 0.409 e. The predicted octanol–water partition coefficient (Wildman–Crippen LogP) is 4.54. The molecule has 0 unspecified atom stereocenters. The van der Waals surface area contributed by atoms with Gasteiger partial charge in [-0.05, 0) is 55.5 Å². The van der Waals surface area contributed by atoms with Gasteiger partial charge in [-0.15, -0.1) is 0 Å². The zero-order chi connectivity index (χ0) is 26.2. The molecule has 10 nitrogen and oxygen atoms in total. The number of aryl methyl sites for hydroxylation is 1. The molecule has 1 saturated heterocycles. The standard InChI is InChI=1S/C26H31ClN6O4/c1-3-36-26(35)33-14-12-32(13-15-33)16-17-37-24-9-8-21(18-22(24)23-10-11-28-31(23)2)30-25(34)29-20-6-4-19(27)5-7-20/h4-11,18H,3,12-17H2,1-2H3,(H2,29,30,34). The molecule has 0 radical (unpaired) electrons. The molecule has 0 bridgehead atoms. The zero-order valence-electron chi connectivity index (χ0n) is 20.9. The summed E-state index contributed by atoms with van der Waals surface area (Å²) in [6, 6.07) is 13.9. The van der Waals surface area contributed by atoms with E-state index in [0.717, 1.165) is 30.9 Å². The lowest BCUT2D eigenvalue weighted by molar-refractivity contribution is 0.0757. The topological polar surface area (TPSA) is 101 Å². The molecule has 196 valence electrons. The second kappa shape index (κ2) is 12.5. The lowest BCUT2D eigenvalue weighted by Crippen LogP contribution is -2.49. The number of urea groups is 1. The smallest absolute Gasteiger partial charge is 0.409 e. The number of nitrogens with zero attached hydrogens (tertiary/aromatic N) is 4. The third kappa shape index (κ3) is 7.14. The summed E-state index contributed by atoms with van der Waals surface area (Å²) in [6.45, 7) is 6.20. The van der Waals surface area contributed by atoms with E-state index in [4.69, 9.17) is 21.1 Å². The number of anilines is 2. The van der Waals surface area contributed by atoms with Crippen molar-refractivity contribution in [3.8, 4) is 17.0 Å². The quantitative estimate of drug-likeness (QED) is 0.447. The fourth-order valence-electron chi connectivity index (χ4n) is 4.05. The van der Waals surface area contributed by atoms with Gasteiger partial charge in [-0.25, -0.2) is 9.59 Å². The maximum atomic E-state index is 12.5. The number of amides is 3. The minimum Gasteiger partial charge on any atom is -0.492 e. The Morgan fingerprint density at radius 3 is 2.38 bits per heavy atom. The lowest BCUT2D eigenvalue weighted by atomic mass is 10.1. The first-order valence-corrected chi connectivity index (χ1v) is 12.5. The van der Waals surface area contributed by atoms with Crippen LogP contribution >= 0.6 is 11.6 Å². The Balaban J connectivity index is 1.37. The fraction of sp³-hybridized carbons (Fsp3) is 0.346. The summed E-state index contributed by atoms with van der Waals surface area (Å²) in [5.74, 6) is 0.692. The molecule has 1 fully saturated rings. The van der Waals surface area contributed by atoms with Gasteiger partial charge in [0, 0.05) is 67.9 Å². The van der Waals surface area contributed by atoms with Gasteiger partial charge in [-0.2, -0.15) is 5.10 Å². The van der Waals surface area contributed by atoms with E-state index in [1.165, 1.54) is 0 Å². The molecule has 0 spiro atoms. The summed E-state index contributed by atoms with van der Waals surface area (Å²) in [5, 5.41) is 10.5. The number of hydrogen-bond acceptors (Lipinski definition) is 6. The van der Waals surface area contributed by atoms with Gasteiger partial charge in [0.1, 0.15) is 12.4 Å². The van der Waals surface area contributed by atoms with Crippen LogP contribution in [0.3, 0.4) is 0 Å². The highest BCUT2D eigenvalue weighted by atomic mass is 35.5. The van der Waals surface area contributed by atoms with Crippen molar-refractivity contribution in [3.63, 3.8) is 0 Å². The Labute approximate surface area is 221 Å². The van der Waals surface area contributed by atoms with Crippen LogP contribution in [0.15, 0.2) is 54.7 Å². The van der Waals surface area contributed by atoms with Crippen molar-refractivity contribution in [2.24, 2.45) is 7.05 Å². The molecule has 2 N–H and O–H groups in total. The SMILES string of the molecule is CCOC(=O)N1CCN(CCOc2ccc(NC(=O)Nc3ccc(Cl)cc3)cc2-c2ccnn2C)CC1. The minimum atomic E-state index is -0.367. The molecule has 1 aliphatic heterocycles. The maximum absolute atomic E-state index is 12.5. The second-order valence-electron chi connectivity index (χ2n) is 8.51. The van der Waals surface area contributed by atoms with Gasteiger partial charge in [0.25, 0.3) is 0 Å². The summed E-state index contributed by atoms with van der Waals surface area (Å²) in [4.78, 5) is 28.4. The van der Waals surface area contributed by atoms with Gasteiger partial charge in [-0.1, -0.05) is 11.6 Å². The van der Waals surface area contributed by atoms with Gasteiger partial charge in [0.05, 0.1) is 12.3 Å². The van der Waals surface area contributed by atoms with Crippen molar-refractivity contribution in [1.29, 1.82) is 0 Å². The van der Waals surface area contributed by atoms with E-state index in [2.05, 4.69) is 20.6 Å². The van der Waals surface area contributed by atoms with Crippen LogP contribution in [0.2, 0.25) is 5.02 Å². The number of carbonyl (C=O) groups is 2. The highest BCUT2D eigenvalue weighted by Gasteiger charge is 2.22. The molecule has 4 rings (SSSR count). The Hall–Kier alpha value is -3.76. The van der Waals surface area contributed by atoms with E-state index in [-0.39, 0.29) is 12.1 Å². The highest BCUT2D eigenvalue weighted by Crippen LogP contribution is 2.32. The van der Waals surface area contributed by atoms with Crippen molar-refractivity contribution in [3.05, 3.63) is 59.8 Å². The summed E-state index contributed by atoms with van der Waals surface area (Å²) >= 11 is 5.91. The summed E-state index contributed by atoms with van der Waals surface area (Å²) in [5.41, 5.74) is 2.93. The van der Waals surface area contributed by atoms with Crippen LogP contribution in [0, 0.1) is 0 Å². The van der Waals surface area contributed by atoms with Gasteiger partial charge >= 0.3 is 12.1 Å². The van der Waals surface area contributed by atoms with Crippen LogP contribution in [-0.4, -0.2) is 77.6 Å². The number of aromatic nitrogens is 2. The normalized spacial score (nSPS) is 13.8. The van der Waals surface area contributed by atoms with Crippen molar-refractivity contribution in [2.75, 3.05) is 56.6 Å². The second-order valence-corrected chi connectivity index (χ2v) is 8.95. The minimum absolute atomic E-state index is 0.255. The first-order valence-electron chi connectivity index (χ1n) is 12.2. The lowest BCUT2D eigenvalue weighted by Gasteiger charge is -2.33. The summed E-state index contributed by atoms with van der Waals surface area (Å²) < 4.78 is 13.0. The van der Waals surface area contributed by atoms with Crippen LogP contribution in [0.1, 0.15) is 6.92 Å². The number of piperazine rings is 1. The number of halogens is 1. The number of hydrogen-bond donors (Lipinski definition) is 2. The molecule has 0 atom stereocenters. The summed E-state index contributed by atoms with van der Waals surface area (Å²) in [6.07, 6.45) is 1.46. The molecule has 3 aromatic rings. The molecule has 37 heavy (non-hydrogen) atoms. The average Bonchev–Trinajstić information content (AvgIpc) is 3.32. The fourth-order valence-corrected chi connectivity index (χ4v) is 4.18. The average molecular weight is 527 g/mol. The molecule has 2 heterocycles. The third-order valence-electron chi connectivity index (χ3n) is 6.00. The van der Waals surface area contributed by atoms with Gasteiger partial charge in [-0.3, -0.25) is 9.58 Å². The molecule has 0 aliphatic carbocycles. The monoisotopic (exact) mass is 526 g/mol. The van der Waals surface area contributed by atoms with Gasteiger partial charge in [0.2, 0.25) is 0 Å². The highest BCUT2D eigenvalue weighted by molar-refractivity contribution is 6.30. The van der Waals surface area contributed by atoms with E-state index in [1.54, 1.807) is 46.1 Å². The van der Waals surface area contributed by atoms with Crippen LogP contribution in [0.5, 0.6) is 5.75 Å². The molecule has 1 aromatic heterocycles. The van der Waals surface area contributed by atoms with E-state index in [1.807, 2.05) is 32.2 Å². The number of nitrogens with one attached hydrogen (secondary N) is 2. The van der Waals surface area contributed by atoms with Gasteiger partial charge < -0.3 is 25.0 Å². The first kappa shape index (κ1) is 26.3. The predicted molar refractivity (Wildman–Crippen MR) is 143 cm³/mol. The van der Waals surface area contributed by atoms with E-state index >= 15 is 0 Å². The van der Waals surface area contributed by atoms with Crippen molar-refractivity contribution in [2.45, 2.75) is 6.92 Å². The first-order chi connectivity index (χ1) is 17.9. The molecular formula is C26H31ClN6O4. The van der Waals surface area contributed by atoms with Crippen molar-refractivity contribution >= 4 is 35.1 Å². The van der Waals surface area contributed by atoms with Crippen LogP contribution in [0.4, 0.5) is 21.0 Å². The molecule has 1 aliphatic rings. The van der Waals surface area contributed by atoms with E-state index < -0.39 is 0 Å². The number of ether oxygens (including phenoxy) is 2. The largest absolute Gasteiger partial charge is 0.492 e. The Morgan fingerprint density at radius 2 is 1.70 bits per heavy atom. The van der Waals surface area contributed by atoms with E-state index in [9.17, 15) is 9.59 Å². The van der Waals surface area contributed by atoms with E-state index in [0.29, 0.717) is 48.5 Å². The van der Waals surface area contributed by atoms with Crippen LogP contribution in [-0.2, 0) is 11.8 Å². The van der Waals surface area contributed by atoms with Crippen LogP contribution < -0.4 is 15.4 Å². The Morgan fingerprint density at radius 1 is 1.00 bits per heavy atom. The zero-order valence-corrected chi connectivity index (χ0v) is 21.7. The Kier molecular flexibility index (Phi) is 8.86.